The molecule has 0 aliphatic heterocycles. The van der Waals surface area contributed by atoms with E-state index in [2.05, 4.69) is 21.0 Å². The first kappa shape index (κ1) is 10.7. The van der Waals surface area contributed by atoms with Crippen LogP contribution in [0.2, 0.25) is 0 Å². The quantitative estimate of drug-likeness (QED) is 0.818. The lowest BCUT2D eigenvalue weighted by Gasteiger charge is -2.02. The van der Waals surface area contributed by atoms with E-state index in [1.165, 1.54) is 0 Å². The zero-order valence-electron chi connectivity index (χ0n) is 7.65. The Morgan fingerprint density at radius 3 is 2.31 bits per heavy atom. The van der Waals surface area contributed by atoms with Gasteiger partial charge in [0.1, 0.15) is 0 Å². The number of aromatic nitrogens is 2. The minimum absolute atomic E-state index is 0.0983. The number of hydrogen-bond acceptors (Lipinski definition) is 3. The average Bonchev–Trinajstić information content (AvgIpc) is 2.29. The smallest absolute Gasteiger partial charge is 0.195 e. The molecular formula is C7H11BrN2O2S. The topological polar surface area (TPSA) is 52.0 Å². The van der Waals surface area contributed by atoms with Crippen LogP contribution in [0, 0.1) is 0 Å². The van der Waals surface area contributed by atoms with Gasteiger partial charge in [-0.3, -0.25) is 4.68 Å². The van der Waals surface area contributed by atoms with Gasteiger partial charge in [-0.05, 0) is 29.8 Å². The Bertz CT molecular complexity index is 408. The zero-order chi connectivity index (χ0) is 10.2. The predicted octanol–water partition coefficient (Wildman–Crippen LogP) is 1.63. The second kappa shape index (κ2) is 3.42. The highest BCUT2D eigenvalue weighted by Crippen LogP contribution is 2.21. The minimum Gasteiger partial charge on any atom is -0.268 e. The van der Waals surface area contributed by atoms with Crippen molar-refractivity contribution in [1.82, 2.24) is 9.78 Å². The molecule has 0 bridgehead atoms. The molecule has 0 fully saturated rings. The van der Waals surface area contributed by atoms with Crippen molar-refractivity contribution in [3.8, 4) is 0 Å². The van der Waals surface area contributed by atoms with Crippen LogP contribution < -0.4 is 0 Å². The van der Waals surface area contributed by atoms with E-state index in [-0.39, 0.29) is 11.1 Å². The van der Waals surface area contributed by atoms with E-state index in [9.17, 15) is 8.42 Å². The van der Waals surface area contributed by atoms with Crippen molar-refractivity contribution in [3.63, 3.8) is 0 Å². The monoisotopic (exact) mass is 266 g/mol. The van der Waals surface area contributed by atoms with Gasteiger partial charge in [0.15, 0.2) is 14.9 Å². The molecule has 0 amide bonds. The van der Waals surface area contributed by atoms with Gasteiger partial charge < -0.3 is 0 Å². The molecule has 0 N–H and O–H groups in total. The molecule has 1 heterocycles. The Balaban J connectivity index is 3.27. The third-order valence-corrected chi connectivity index (χ3v) is 3.38. The van der Waals surface area contributed by atoms with E-state index in [0.717, 1.165) is 6.26 Å². The number of nitrogens with zero attached hydrogens (tertiary/aromatic N) is 2. The molecule has 1 aromatic rings. The van der Waals surface area contributed by atoms with Gasteiger partial charge in [-0.25, -0.2) is 8.42 Å². The Hall–Kier alpha value is -0.360. The lowest BCUT2D eigenvalue weighted by atomic mass is 10.4. The van der Waals surface area contributed by atoms with Crippen molar-refractivity contribution in [3.05, 3.63) is 10.7 Å². The van der Waals surface area contributed by atoms with E-state index in [4.69, 9.17) is 0 Å². The summed E-state index contributed by atoms with van der Waals surface area (Å²) in [7, 11) is -3.22. The minimum atomic E-state index is -3.22. The molecule has 4 nitrogen and oxygen atoms in total. The zero-order valence-corrected chi connectivity index (χ0v) is 10.1. The lowest BCUT2D eigenvalue weighted by Crippen LogP contribution is -2.04. The Kier molecular flexibility index (Phi) is 2.82. The van der Waals surface area contributed by atoms with E-state index >= 15 is 0 Å². The number of hydrogen-bond donors (Lipinski definition) is 0. The fourth-order valence-corrected chi connectivity index (χ4v) is 2.69. The van der Waals surface area contributed by atoms with Crippen molar-refractivity contribution >= 4 is 25.8 Å². The summed E-state index contributed by atoms with van der Waals surface area (Å²) in [6.45, 7) is 3.87. The van der Waals surface area contributed by atoms with Gasteiger partial charge in [0.05, 0.1) is 4.47 Å². The van der Waals surface area contributed by atoms with Crippen LogP contribution in [-0.2, 0) is 9.84 Å². The van der Waals surface area contributed by atoms with E-state index < -0.39 is 9.84 Å². The van der Waals surface area contributed by atoms with Crippen molar-refractivity contribution in [2.45, 2.75) is 24.9 Å². The summed E-state index contributed by atoms with van der Waals surface area (Å²) in [5.74, 6) is 0. The molecule has 0 unspecified atom stereocenters. The van der Waals surface area contributed by atoms with Gasteiger partial charge in [-0.2, -0.15) is 5.10 Å². The summed E-state index contributed by atoms with van der Waals surface area (Å²) in [5.41, 5.74) is 0. The second-order valence-electron chi connectivity index (χ2n) is 3.13. The van der Waals surface area contributed by atoms with Crippen molar-refractivity contribution in [2.75, 3.05) is 6.26 Å². The summed E-state index contributed by atoms with van der Waals surface area (Å²) >= 11 is 3.16. The van der Waals surface area contributed by atoms with Crippen LogP contribution in [0.3, 0.4) is 0 Å². The Morgan fingerprint density at radius 2 is 2.08 bits per heavy atom. The van der Waals surface area contributed by atoms with Crippen molar-refractivity contribution in [1.29, 1.82) is 0 Å². The van der Waals surface area contributed by atoms with Crippen LogP contribution in [0.1, 0.15) is 19.9 Å². The van der Waals surface area contributed by atoms with Gasteiger partial charge in [0, 0.05) is 18.5 Å². The average molecular weight is 267 g/mol. The molecule has 0 saturated carbocycles. The van der Waals surface area contributed by atoms with Crippen LogP contribution in [0.4, 0.5) is 0 Å². The molecule has 6 heteroatoms. The van der Waals surface area contributed by atoms with Gasteiger partial charge in [0.25, 0.3) is 0 Å². The molecule has 0 radical (unpaired) electrons. The maximum Gasteiger partial charge on any atom is 0.195 e. The van der Waals surface area contributed by atoms with Crippen LogP contribution in [0.5, 0.6) is 0 Å². The highest BCUT2D eigenvalue weighted by atomic mass is 79.9. The van der Waals surface area contributed by atoms with E-state index in [1.807, 2.05) is 13.8 Å². The van der Waals surface area contributed by atoms with Crippen LogP contribution >= 0.6 is 15.9 Å². The summed E-state index contributed by atoms with van der Waals surface area (Å²) in [6, 6.07) is 0.159. The third-order valence-electron chi connectivity index (χ3n) is 1.54. The standard InChI is InChI=1S/C7H11BrN2O2S/c1-5(2)10-4-6(8)7(9-10)13(3,11)12/h4-5H,1-3H3. The molecule has 0 spiro atoms. The van der Waals surface area contributed by atoms with Crippen molar-refractivity contribution < 1.29 is 8.42 Å². The third kappa shape index (κ3) is 2.31. The molecule has 0 aliphatic carbocycles. The number of rotatable bonds is 2. The molecule has 13 heavy (non-hydrogen) atoms. The SMILES string of the molecule is CC(C)n1cc(Br)c(S(C)(=O)=O)n1. The Labute approximate surface area is 86.0 Å². The fraction of sp³-hybridized carbons (Fsp3) is 0.571. The summed E-state index contributed by atoms with van der Waals surface area (Å²) in [6.07, 6.45) is 2.81. The van der Waals surface area contributed by atoms with Gasteiger partial charge in [0.2, 0.25) is 0 Å². The molecule has 1 aromatic heterocycles. The molecule has 0 aliphatic rings. The maximum atomic E-state index is 11.2. The fourth-order valence-electron chi connectivity index (χ4n) is 0.869. The first-order chi connectivity index (χ1) is 5.82. The number of sulfone groups is 1. The van der Waals surface area contributed by atoms with Crippen LogP contribution in [0.15, 0.2) is 15.7 Å². The second-order valence-corrected chi connectivity index (χ2v) is 5.91. The maximum absolute atomic E-state index is 11.2. The summed E-state index contributed by atoms with van der Waals surface area (Å²) in [5, 5.41) is 4.06. The van der Waals surface area contributed by atoms with Gasteiger partial charge in [-0.15, -0.1) is 0 Å². The predicted molar refractivity (Wildman–Crippen MR) is 53.4 cm³/mol. The first-order valence-corrected chi connectivity index (χ1v) is 6.45. The van der Waals surface area contributed by atoms with E-state index in [0.29, 0.717) is 4.47 Å². The summed E-state index contributed by atoms with van der Waals surface area (Å²) < 4.78 is 24.5. The highest BCUT2D eigenvalue weighted by Gasteiger charge is 2.17. The lowest BCUT2D eigenvalue weighted by molar-refractivity contribution is 0.516. The normalized spacial score (nSPS) is 12.4. The molecule has 1 rings (SSSR count). The summed E-state index contributed by atoms with van der Waals surface area (Å²) in [4.78, 5) is 0. The van der Waals surface area contributed by atoms with Crippen LogP contribution in [0.25, 0.3) is 0 Å². The molecule has 0 saturated heterocycles. The van der Waals surface area contributed by atoms with Crippen molar-refractivity contribution in [2.24, 2.45) is 0 Å². The van der Waals surface area contributed by atoms with Crippen LogP contribution in [-0.4, -0.2) is 24.5 Å². The van der Waals surface area contributed by atoms with Gasteiger partial charge in [-0.1, -0.05) is 0 Å². The van der Waals surface area contributed by atoms with Gasteiger partial charge >= 0.3 is 0 Å². The molecule has 74 valence electrons. The first-order valence-electron chi connectivity index (χ1n) is 3.77. The largest absolute Gasteiger partial charge is 0.268 e. The Morgan fingerprint density at radius 1 is 1.54 bits per heavy atom. The van der Waals surface area contributed by atoms with E-state index in [1.54, 1.807) is 10.9 Å². The molecule has 0 aromatic carbocycles. The highest BCUT2D eigenvalue weighted by molar-refractivity contribution is 9.10. The number of halogens is 1. The molecular weight excluding hydrogens is 256 g/mol. The molecule has 0 atom stereocenters.